The molecule has 4 aromatic heterocycles. The van der Waals surface area contributed by atoms with E-state index in [2.05, 4.69) is 59.0 Å². The van der Waals surface area contributed by atoms with Crippen molar-refractivity contribution in [2.45, 2.75) is 0 Å². The highest BCUT2D eigenvalue weighted by Gasteiger charge is 2.23. The molecule has 0 bridgehead atoms. The van der Waals surface area contributed by atoms with Gasteiger partial charge in [0.25, 0.3) is 0 Å². The van der Waals surface area contributed by atoms with E-state index < -0.39 is 0 Å². The van der Waals surface area contributed by atoms with Crippen molar-refractivity contribution in [3.8, 4) is 0 Å². The van der Waals surface area contributed by atoms with Crippen LogP contribution in [0.4, 0.5) is 0 Å². The fourth-order valence-corrected chi connectivity index (χ4v) is 5.84. The Morgan fingerprint density at radius 2 is 1.35 bits per heavy atom. The van der Waals surface area contributed by atoms with Crippen LogP contribution in [0, 0.1) is 0 Å². The first-order valence-electron chi connectivity index (χ1n) is 11.4. The normalized spacial score (nSPS) is 12.7. The Morgan fingerprint density at radius 1 is 0.588 bits per heavy atom. The number of furan rings is 1. The zero-order valence-electron chi connectivity index (χ0n) is 17.9. The Kier molecular flexibility index (Phi) is 2.78. The molecule has 0 atom stereocenters. The Bertz CT molecular complexity index is 2290. The maximum atomic E-state index is 6.27. The van der Waals surface area contributed by atoms with E-state index in [-0.39, 0.29) is 0 Å². The van der Waals surface area contributed by atoms with Gasteiger partial charge in [-0.1, -0.05) is 54.6 Å². The predicted octanol–water partition coefficient (Wildman–Crippen LogP) is 7.83. The lowest BCUT2D eigenvalue weighted by molar-refractivity contribution is 0.669. The number of hydrogen-bond acceptors (Lipinski definition) is 3. The van der Waals surface area contributed by atoms with Crippen LogP contribution in [0.15, 0.2) is 95.4 Å². The number of hydrogen-bond donors (Lipinski definition) is 0. The molecule has 0 unspecified atom stereocenters. The third-order valence-corrected chi connectivity index (χ3v) is 7.27. The van der Waals surface area contributed by atoms with E-state index in [1.165, 1.54) is 27.1 Å². The summed E-state index contributed by atoms with van der Waals surface area (Å²) in [6.07, 6.45) is 0. The molecule has 0 saturated carbocycles. The molecule has 0 fully saturated rings. The van der Waals surface area contributed by atoms with Crippen molar-refractivity contribution in [1.82, 2.24) is 14.4 Å². The second-order valence-electron chi connectivity index (χ2n) is 9.05. The van der Waals surface area contributed by atoms with Crippen LogP contribution in [0.3, 0.4) is 0 Å². The van der Waals surface area contributed by atoms with Crippen LogP contribution in [0.5, 0.6) is 0 Å². The molecule has 0 saturated heterocycles. The van der Waals surface area contributed by atoms with Gasteiger partial charge in [-0.15, -0.1) is 0 Å². The van der Waals surface area contributed by atoms with E-state index in [1.807, 2.05) is 36.4 Å². The zero-order chi connectivity index (χ0) is 22.0. The number of fused-ring (bicyclic) bond motifs is 12. The summed E-state index contributed by atoms with van der Waals surface area (Å²) in [5.74, 6) is 0. The van der Waals surface area contributed by atoms with Gasteiger partial charge >= 0.3 is 0 Å². The maximum absolute atomic E-state index is 6.27. The summed E-state index contributed by atoms with van der Waals surface area (Å²) in [4.78, 5) is 10.2. The molecule has 0 amide bonds. The van der Waals surface area contributed by atoms with Gasteiger partial charge in [0.15, 0.2) is 5.65 Å². The lowest BCUT2D eigenvalue weighted by Gasteiger charge is -2.03. The van der Waals surface area contributed by atoms with E-state index in [0.29, 0.717) is 0 Å². The van der Waals surface area contributed by atoms with Crippen molar-refractivity contribution in [2.75, 3.05) is 0 Å². The third kappa shape index (κ3) is 1.88. The lowest BCUT2D eigenvalue weighted by atomic mass is 10.0. The Labute approximate surface area is 192 Å². The van der Waals surface area contributed by atoms with Crippen molar-refractivity contribution >= 4 is 82.1 Å². The van der Waals surface area contributed by atoms with E-state index in [9.17, 15) is 0 Å². The van der Waals surface area contributed by atoms with Crippen molar-refractivity contribution in [3.05, 3.63) is 91.0 Å². The van der Waals surface area contributed by atoms with Gasteiger partial charge in [0.05, 0.1) is 22.1 Å². The Balaban J connectivity index is 1.64. The molecule has 9 rings (SSSR count). The average Bonchev–Trinajstić information content (AvgIpc) is 3.51. The minimum absolute atomic E-state index is 0.888. The van der Waals surface area contributed by atoms with E-state index in [4.69, 9.17) is 14.4 Å². The molecule has 156 valence electrons. The molecular weight excluding hydrogens is 418 g/mol. The van der Waals surface area contributed by atoms with Crippen LogP contribution in [-0.2, 0) is 0 Å². The van der Waals surface area contributed by atoms with Gasteiger partial charge in [-0.25, -0.2) is 9.97 Å². The van der Waals surface area contributed by atoms with Crippen LogP contribution in [-0.4, -0.2) is 14.4 Å². The van der Waals surface area contributed by atoms with E-state index >= 15 is 0 Å². The fourth-order valence-electron chi connectivity index (χ4n) is 5.84. The summed E-state index contributed by atoms with van der Waals surface area (Å²) >= 11 is 0. The quantitative estimate of drug-likeness (QED) is 0.245. The van der Waals surface area contributed by atoms with Crippen LogP contribution in [0.2, 0.25) is 0 Å². The highest BCUT2D eigenvalue weighted by Crippen LogP contribution is 2.44. The van der Waals surface area contributed by atoms with Crippen LogP contribution >= 0.6 is 0 Å². The molecule has 5 aromatic carbocycles. The number of aromatic nitrogens is 3. The van der Waals surface area contributed by atoms with E-state index in [1.54, 1.807) is 0 Å². The van der Waals surface area contributed by atoms with Gasteiger partial charge in [-0.3, -0.25) is 4.40 Å². The maximum Gasteiger partial charge on any atom is 0.165 e. The second-order valence-corrected chi connectivity index (χ2v) is 9.05. The van der Waals surface area contributed by atoms with Gasteiger partial charge in [0.2, 0.25) is 0 Å². The second kappa shape index (κ2) is 5.61. The third-order valence-electron chi connectivity index (χ3n) is 7.27. The first-order chi connectivity index (χ1) is 16.8. The van der Waals surface area contributed by atoms with Crippen molar-refractivity contribution in [2.24, 2.45) is 0 Å². The number of rotatable bonds is 0. The predicted molar refractivity (Wildman–Crippen MR) is 139 cm³/mol. The summed E-state index contributed by atoms with van der Waals surface area (Å²) in [5.41, 5.74) is 7.72. The van der Waals surface area contributed by atoms with Gasteiger partial charge in [0, 0.05) is 33.0 Å². The topological polar surface area (TPSA) is 43.3 Å². The molecule has 0 spiro atoms. The molecule has 4 heterocycles. The molecule has 34 heavy (non-hydrogen) atoms. The largest absolute Gasteiger partial charge is 0.456 e. The molecular formula is C30H15N3O. The summed E-state index contributed by atoms with van der Waals surface area (Å²) in [7, 11) is 0. The summed E-state index contributed by atoms with van der Waals surface area (Å²) in [6.45, 7) is 0. The number of benzene rings is 5. The number of nitrogens with zero attached hydrogens (tertiary/aromatic N) is 3. The molecule has 0 aliphatic heterocycles. The minimum atomic E-state index is 0.888. The molecule has 0 aliphatic rings. The number of para-hydroxylation sites is 3. The first kappa shape index (κ1) is 16.9. The molecule has 4 heteroatoms. The highest BCUT2D eigenvalue weighted by atomic mass is 16.3. The van der Waals surface area contributed by atoms with E-state index in [0.717, 1.165) is 55.0 Å². The molecule has 0 radical (unpaired) electrons. The monoisotopic (exact) mass is 433 g/mol. The Morgan fingerprint density at radius 3 is 2.26 bits per heavy atom. The summed E-state index contributed by atoms with van der Waals surface area (Å²) in [6, 6.07) is 31.7. The van der Waals surface area contributed by atoms with Gasteiger partial charge < -0.3 is 4.42 Å². The van der Waals surface area contributed by atoms with Crippen molar-refractivity contribution < 1.29 is 4.42 Å². The van der Waals surface area contributed by atoms with Crippen LogP contribution in [0.1, 0.15) is 0 Å². The summed E-state index contributed by atoms with van der Waals surface area (Å²) in [5, 5.41) is 8.34. The minimum Gasteiger partial charge on any atom is -0.456 e. The smallest absolute Gasteiger partial charge is 0.165 e. The standard InChI is InChI=1S/C30H15N3O/c1-2-8-17-16(7-1)13-21-28-30(32-23-11-5-4-10-22(23)31-28)33-24-15-26-19(14-20(24)27(17)29(21)33)18-9-3-6-12-25(18)34-26/h1-15H. The average molecular weight is 433 g/mol. The zero-order valence-corrected chi connectivity index (χ0v) is 17.9. The lowest BCUT2D eigenvalue weighted by Crippen LogP contribution is -1.88. The van der Waals surface area contributed by atoms with Gasteiger partial charge in [-0.05, 0) is 41.1 Å². The molecule has 0 N–H and O–H groups in total. The van der Waals surface area contributed by atoms with Crippen molar-refractivity contribution in [3.63, 3.8) is 0 Å². The molecule has 9 aromatic rings. The molecule has 4 nitrogen and oxygen atoms in total. The fraction of sp³-hybridized carbons (Fsp3) is 0. The van der Waals surface area contributed by atoms with Gasteiger partial charge in [0.1, 0.15) is 16.7 Å². The van der Waals surface area contributed by atoms with Crippen molar-refractivity contribution in [1.29, 1.82) is 0 Å². The van der Waals surface area contributed by atoms with Crippen LogP contribution in [0.25, 0.3) is 82.1 Å². The Hall–Kier alpha value is -4.70. The van der Waals surface area contributed by atoms with Gasteiger partial charge in [-0.2, -0.15) is 0 Å². The highest BCUT2D eigenvalue weighted by molar-refractivity contribution is 6.32. The SMILES string of the molecule is c1ccc2c(c1)cc1c3nc4ccccc4nc3n3c4cc5oc6ccccc6c5cc4c2c13. The summed E-state index contributed by atoms with van der Waals surface area (Å²) < 4.78 is 8.55. The molecule has 0 aliphatic carbocycles. The first-order valence-corrected chi connectivity index (χ1v) is 11.4. The van der Waals surface area contributed by atoms with Crippen LogP contribution < -0.4 is 0 Å².